The van der Waals surface area contributed by atoms with E-state index in [0.717, 1.165) is 39.4 Å². The lowest BCUT2D eigenvalue weighted by Crippen LogP contribution is -2.48. The normalized spacial score (nSPS) is 28.7. The Kier molecular flexibility index (Phi) is 4.87. The van der Waals surface area contributed by atoms with Gasteiger partial charge in [0, 0.05) is 22.1 Å². The highest BCUT2D eigenvalue weighted by molar-refractivity contribution is 7.98. The van der Waals surface area contributed by atoms with Gasteiger partial charge in [0.25, 0.3) is 5.91 Å². The molecule has 160 valence electrons. The number of aromatic nitrogens is 4. The Morgan fingerprint density at radius 3 is 2.48 bits per heavy atom. The standard InChI is InChI=1S/C23H25N5OS2/c29-20(18-3-1-14(2-4-18)11-30-21-24-13-25-28-21)27-22-26-19(12-31-22)23-8-15-5-16(9-23)7-17(6-15)10-23/h1-4,12-13,15-17H,5-11H2,(H,24,25,28)(H,26,27,29). The zero-order valence-electron chi connectivity index (χ0n) is 17.2. The summed E-state index contributed by atoms with van der Waals surface area (Å²) >= 11 is 3.15. The molecule has 2 N–H and O–H groups in total. The maximum atomic E-state index is 12.8. The third-order valence-electron chi connectivity index (χ3n) is 7.29. The van der Waals surface area contributed by atoms with Crippen molar-refractivity contribution in [2.75, 3.05) is 5.32 Å². The third-order valence-corrected chi connectivity index (χ3v) is 9.00. The monoisotopic (exact) mass is 451 g/mol. The number of hydrogen-bond donors (Lipinski definition) is 2. The molecule has 31 heavy (non-hydrogen) atoms. The van der Waals surface area contributed by atoms with E-state index in [2.05, 4.69) is 25.9 Å². The van der Waals surface area contributed by atoms with Gasteiger partial charge in [-0.3, -0.25) is 15.2 Å². The Morgan fingerprint density at radius 1 is 1.13 bits per heavy atom. The first-order valence-corrected chi connectivity index (χ1v) is 12.9. The number of hydrogen-bond acceptors (Lipinski definition) is 6. The average Bonchev–Trinajstić information content (AvgIpc) is 3.44. The van der Waals surface area contributed by atoms with Gasteiger partial charge in [0.05, 0.1) is 5.69 Å². The van der Waals surface area contributed by atoms with Crippen molar-refractivity contribution in [3.63, 3.8) is 0 Å². The molecule has 7 rings (SSSR count). The summed E-state index contributed by atoms with van der Waals surface area (Å²) in [6.07, 6.45) is 9.68. The molecular formula is C23H25N5OS2. The molecule has 0 aliphatic heterocycles. The van der Waals surface area contributed by atoms with Crippen molar-refractivity contribution in [2.24, 2.45) is 17.8 Å². The molecule has 1 amide bonds. The van der Waals surface area contributed by atoms with Crippen molar-refractivity contribution < 1.29 is 4.79 Å². The highest BCUT2D eigenvalue weighted by atomic mass is 32.2. The van der Waals surface area contributed by atoms with E-state index in [1.54, 1.807) is 23.1 Å². The quantitative estimate of drug-likeness (QED) is 0.499. The van der Waals surface area contributed by atoms with Gasteiger partial charge in [-0.2, -0.15) is 5.10 Å². The molecule has 1 aromatic carbocycles. The van der Waals surface area contributed by atoms with E-state index < -0.39 is 0 Å². The minimum absolute atomic E-state index is 0.0964. The molecule has 4 aliphatic rings. The molecular weight excluding hydrogens is 426 g/mol. The van der Waals surface area contributed by atoms with Crippen LogP contribution in [0.5, 0.6) is 0 Å². The number of benzene rings is 1. The van der Waals surface area contributed by atoms with Crippen LogP contribution in [0.3, 0.4) is 0 Å². The molecule has 0 atom stereocenters. The summed E-state index contributed by atoms with van der Waals surface area (Å²) < 4.78 is 0. The van der Waals surface area contributed by atoms with Crippen LogP contribution in [0.1, 0.15) is 60.1 Å². The fourth-order valence-corrected chi connectivity index (χ4v) is 7.90. The van der Waals surface area contributed by atoms with Crippen LogP contribution in [0.25, 0.3) is 0 Å². The summed E-state index contributed by atoms with van der Waals surface area (Å²) in [6.45, 7) is 0. The second-order valence-corrected chi connectivity index (χ2v) is 11.3. The van der Waals surface area contributed by atoms with Crippen LogP contribution in [-0.2, 0) is 11.2 Å². The highest BCUT2D eigenvalue weighted by Crippen LogP contribution is 2.60. The molecule has 3 aromatic rings. The number of anilines is 1. The largest absolute Gasteiger partial charge is 0.298 e. The second kappa shape index (κ2) is 7.74. The molecule has 0 spiro atoms. The van der Waals surface area contributed by atoms with Gasteiger partial charge in [0.2, 0.25) is 0 Å². The fraction of sp³-hybridized carbons (Fsp3) is 0.478. The van der Waals surface area contributed by atoms with Crippen LogP contribution >= 0.6 is 23.1 Å². The maximum Gasteiger partial charge on any atom is 0.257 e. The molecule has 4 aliphatic carbocycles. The van der Waals surface area contributed by atoms with E-state index in [9.17, 15) is 4.79 Å². The first-order chi connectivity index (χ1) is 15.1. The minimum Gasteiger partial charge on any atom is -0.298 e. The van der Waals surface area contributed by atoms with Crippen LogP contribution in [-0.4, -0.2) is 26.1 Å². The smallest absolute Gasteiger partial charge is 0.257 e. The predicted octanol–water partition coefficient (Wildman–Crippen LogP) is 5.27. The summed E-state index contributed by atoms with van der Waals surface area (Å²) in [6, 6.07) is 7.72. The van der Waals surface area contributed by atoms with Crippen molar-refractivity contribution in [1.29, 1.82) is 0 Å². The van der Waals surface area contributed by atoms with Crippen LogP contribution < -0.4 is 5.32 Å². The van der Waals surface area contributed by atoms with E-state index in [4.69, 9.17) is 4.98 Å². The summed E-state index contributed by atoms with van der Waals surface area (Å²) in [5, 5.41) is 13.4. The SMILES string of the molecule is O=C(Nc1nc(C23CC4CC(CC(C4)C2)C3)cs1)c1ccc(CSc2ncn[nH]2)cc1. The number of thiazole rings is 1. The summed E-state index contributed by atoms with van der Waals surface area (Å²) in [5.74, 6) is 3.36. The summed E-state index contributed by atoms with van der Waals surface area (Å²) in [4.78, 5) is 21.8. The van der Waals surface area contributed by atoms with Crippen molar-refractivity contribution in [3.8, 4) is 0 Å². The zero-order valence-corrected chi connectivity index (χ0v) is 18.8. The Morgan fingerprint density at radius 2 is 1.84 bits per heavy atom. The van der Waals surface area contributed by atoms with Gasteiger partial charge in [0.1, 0.15) is 6.33 Å². The van der Waals surface area contributed by atoms with Gasteiger partial charge in [-0.05, 0) is 74.0 Å². The number of nitrogens with zero attached hydrogens (tertiary/aromatic N) is 3. The van der Waals surface area contributed by atoms with Gasteiger partial charge in [-0.25, -0.2) is 9.97 Å². The number of amides is 1. The Hall–Kier alpha value is -2.19. The topological polar surface area (TPSA) is 83.6 Å². The molecule has 0 saturated heterocycles. The number of carbonyl (C=O) groups excluding carboxylic acids is 1. The van der Waals surface area contributed by atoms with Gasteiger partial charge < -0.3 is 0 Å². The fourth-order valence-electron chi connectivity index (χ4n) is 6.34. The molecule has 2 aromatic heterocycles. The molecule has 6 nitrogen and oxygen atoms in total. The lowest BCUT2D eigenvalue weighted by Gasteiger charge is -2.56. The molecule has 4 saturated carbocycles. The van der Waals surface area contributed by atoms with Crippen molar-refractivity contribution >= 4 is 34.1 Å². The average molecular weight is 452 g/mol. The van der Waals surface area contributed by atoms with E-state index in [-0.39, 0.29) is 11.3 Å². The van der Waals surface area contributed by atoms with Gasteiger partial charge in [-0.15, -0.1) is 11.3 Å². The first kappa shape index (κ1) is 19.5. The maximum absolute atomic E-state index is 12.8. The number of nitrogens with one attached hydrogen (secondary N) is 2. The first-order valence-electron chi connectivity index (χ1n) is 11.0. The Bertz CT molecular complexity index is 1040. The number of aromatic amines is 1. The van der Waals surface area contributed by atoms with Crippen LogP contribution in [0.4, 0.5) is 5.13 Å². The molecule has 4 bridgehead atoms. The molecule has 0 radical (unpaired) electrons. The lowest BCUT2D eigenvalue weighted by atomic mass is 9.49. The predicted molar refractivity (Wildman–Crippen MR) is 122 cm³/mol. The zero-order chi connectivity index (χ0) is 20.8. The third kappa shape index (κ3) is 3.80. The molecule has 4 fully saturated rings. The van der Waals surface area contributed by atoms with Gasteiger partial charge in [-0.1, -0.05) is 23.9 Å². The summed E-state index contributed by atoms with van der Waals surface area (Å²) in [5.41, 5.74) is 3.29. The molecule has 8 heteroatoms. The van der Waals surface area contributed by atoms with Gasteiger partial charge in [0.15, 0.2) is 10.3 Å². The van der Waals surface area contributed by atoms with Crippen LogP contribution in [0, 0.1) is 17.8 Å². The molecule has 0 unspecified atom stereocenters. The second-order valence-electron chi connectivity index (χ2n) is 9.47. The van der Waals surface area contributed by atoms with Crippen LogP contribution in [0.2, 0.25) is 0 Å². The van der Waals surface area contributed by atoms with Crippen molar-refractivity contribution in [2.45, 2.75) is 54.8 Å². The number of thioether (sulfide) groups is 1. The van der Waals surface area contributed by atoms with E-state index in [1.165, 1.54) is 50.5 Å². The van der Waals surface area contributed by atoms with Gasteiger partial charge >= 0.3 is 0 Å². The van der Waals surface area contributed by atoms with E-state index >= 15 is 0 Å². The van der Waals surface area contributed by atoms with Crippen LogP contribution in [0.15, 0.2) is 41.1 Å². The number of carbonyl (C=O) groups is 1. The molecule has 2 heterocycles. The van der Waals surface area contributed by atoms with E-state index in [1.807, 2.05) is 24.3 Å². The number of rotatable bonds is 6. The van der Waals surface area contributed by atoms with Crippen molar-refractivity contribution in [3.05, 3.63) is 52.8 Å². The number of H-pyrrole nitrogens is 1. The summed E-state index contributed by atoms with van der Waals surface area (Å²) in [7, 11) is 0. The Labute approximate surface area is 189 Å². The van der Waals surface area contributed by atoms with Crippen molar-refractivity contribution in [1.82, 2.24) is 20.2 Å². The van der Waals surface area contributed by atoms with E-state index in [0.29, 0.717) is 5.56 Å². The highest BCUT2D eigenvalue weighted by Gasteiger charge is 2.52. The Balaban J connectivity index is 1.11. The minimum atomic E-state index is -0.0964. The lowest BCUT2D eigenvalue weighted by molar-refractivity contribution is -0.00688.